The summed E-state index contributed by atoms with van der Waals surface area (Å²) in [5, 5.41) is 0.101. The fourth-order valence-electron chi connectivity index (χ4n) is 4.77. The van der Waals surface area contributed by atoms with Crippen molar-refractivity contribution >= 4 is 21.4 Å². The van der Waals surface area contributed by atoms with Crippen molar-refractivity contribution in [2.75, 3.05) is 0 Å². The van der Waals surface area contributed by atoms with Crippen molar-refractivity contribution in [1.82, 2.24) is 0 Å². The molecule has 1 heterocycles. The van der Waals surface area contributed by atoms with Gasteiger partial charge in [-0.2, -0.15) is 0 Å². The first kappa shape index (κ1) is 22.3. The summed E-state index contributed by atoms with van der Waals surface area (Å²) >= 11 is 1.33. The lowest BCUT2D eigenvalue weighted by atomic mass is 9.77. The van der Waals surface area contributed by atoms with E-state index in [9.17, 15) is 22.0 Å². The highest BCUT2D eigenvalue weighted by Crippen LogP contribution is 2.40. The lowest BCUT2D eigenvalue weighted by Gasteiger charge is -2.29. The van der Waals surface area contributed by atoms with Crippen LogP contribution in [-0.2, 0) is 12.8 Å². The van der Waals surface area contributed by atoms with E-state index >= 15 is 0 Å². The van der Waals surface area contributed by atoms with Crippen molar-refractivity contribution < 1.29 is 22.0 Å². The highest BCUT2D eigenvalue weighted by Gasteiger charge is 2.25. The van der Waals surface area contributed by atoms with E-state index in [1.165, 1.54) is 17.4 Å². The van der Waals surface area contributed by atoms with Crippen molar-refractivity contribution in [2.24, 2.45) is 5.92 Å². The van der Waals surface area contributed by atoms with E-state index in [4.69, 9.17) is 0 Å². The standard InChI is InChI=1S/C25H25F5S/c1-2-3-15-10-18(26)23-22(11-15)31-21(25(23)30)9-6-14-4-7-16(8-5-14)17-12-19(27)24(29)20(28)13-17/h10-14,16H,2-9H2,1H3. The number of aryl methyl sites for hydroxylation is 2. The second kappa shape index (κ2) is 9.27. The Kier molecular flexibility index (Phi) is 6.65. The third kappa shape index (κ3) is 4.64. The molecule has 0 atom stereocenters. The summed E-state index contributed by atoms with van der Waals surface area (Å²) in [5.74, 6) is -4.25. The Morgan fingerprint density at radius 2 is 1.48 bits per heavy atom. The third-order valence-corrected chi connectivity index (χ3v) is 7.63. The molecule has 4 rings (SSSR count). The van der Waals surface area contributed by atoms with Gasteiger partial charge < -0.3 is 0 Å². The van der Waals surface area contributed by atoms with Crippen LogP contribution in [0.15, 0.2) is 24.3 Å². The van der Waals surface area contributed by atoms with Crippen molar-refractivity contribution in [2.45, 2.75) is 64.2 Å². The van der Waals surface area contributed by atoms with Crippen LogP contribution in [0.3, 0.4) is 0 Å². The molecular formula is C25H25F5S. The van der Waals surface area contributed by atoms with Crippen LogP contribution < -0.4 is 0 Å². The first-order valence-corrected chi connectivity index (χ1v) is 11.7. The van der Waals surface area contributed by atoms with Gasteiger partial charge in [0, 0.05) is 9.58 Å². The molecule has 0 aliphatic heterocycles. The zero-order chi connectivity index (χ0) is 22.1. The Bertz CT molecular complexity index is 1060. The summed E-state index contributed by atoms with van der Waals surface area (Å²) in [6, 6.07) is 5.52. The van der Waals surface area contributed by atoms with Gasteiger partial charge in [-0.05, 0) is 92.2 Å². The molecule has 0 nitrogen and oxygen atoms in total. The van der Waals surface area contributed by atoms with Crippen LogP contribution in [-0.4, -0.2) is 0 Å². The van der Waals surface area contributed by atoms with E-state index in [2.05, 4.69) is 0 Å². The number of fused-ring (bicyclic) bond motifs is 1. The molecule has 0 saturated heterocycles. The van der Waals surface area contributed by atoms with Crippen LogP contribution in [0, 0.1) is 35.0 Å². The third-order valence-electron chi connectivity index (χ3n) is 6.45. The molecule has 1 aliphatic carbocycles. The minimum absolute atomic E-state index is 0.00740. The largest absolute Gasteiger partial charge is 0.206 e. The maximum atomic E-state index is 14.8. The summed E-state index contributed by atoms with van der Waals surface area (Å²) in [5.41, 5.74) is 1.40. The van der Waals surface area contributed by atoms with Crippen molar-refractivity contribution in [1.29, 1.82) is 0 Å². The summed E-state index contributed by atoms with van der Waals surface area (Å²) in [6.45, 7) is 2.03. The van der Waals surface area contributed by atoms with Crippen LogP contribution in [0.2, 0.25) is 0 Å². The van der Waals surface area contributed by atoms with Gasteiger partial charge in [-0.3, -0.25) is 0 Å². The lowest BCUT2D eigenvalue weighted by Crippen LogP contribution is -2.14. The SMILES string of the molecule is CCCc1cc(F)c2c(F)c(CCC3CCC(c4cc(F)c(F)c(F)c4)CC3)sc2c1. The quantitative estimate of drug-likeness (QED) is 0.260. The molecule has 0 amide bonds. The number of halogens is 5. The van der Waals surface area contributed by atoms with Crippen molar-refractivity contribution in [3.05, 3.63) is 69.4 Å². The van der Waals surface area contributed by atoms with Crippen LogP contribution in [0.1, 0.15) is 67.4 Å². The normalized spacial score (nSPS) is 19.3. The highest BCUT2D eigenvalue weighted by atomic mass is 32.1. The molecule has 0 radical (unpaired) electrons. The van der Waals surface area contributed by atoms with Crippen LogP contribution in [0.25, 0.3) is 10.1 Å². The van der Waals surface area contributed by atoms with E-state index in [1.54, 1.807) is 0 Å². The van der Waals surface area contributed by atoms with Gasteiger partial charge >= 0.3 is 0 Å². The van der Waals surface area contributed by atoms with Gasteiger partial charge in [0.1, 0.15) is 11.6 Å². The molecule has 0 bridgehead atoms. The Hall–Kier alpha value is -1.95. The average molecular weight is 453 g/mol. The molecule has 1 saturated carbocycles. The van der Waals surface area contributed by atoms with E-state index in [1.807, 2.05) is 13.0 Å². The topological polar surface area (TPSA) is 0 Å². The molecule has 31 heavy (non-hydrogen) atoms. The van der Waals surface area contributed by atoms with Gasteiger partial charge in [-0.15, -0.1) is 11.3 Å². The zero-order valence-corrected chi connectivity index (χ0v) is 18.2. The Morgan fingerprint density at radius 1 is 0.806 bits per heavy atom. The molecule has 2 aromatic carbocycles. The number of rotatable bonds is 6. The first-order chi connectivity index (χ1) is 14.9. The maximum Gasteiger partial charge on any atom is 0.194 e. The van der Waals surface area contributed by atoms with Crippen molar-refractivity contribution in [3.63, 3.8) is 0 Å². The number of hydrogen-bond acceptors (Lipinski definition) is 1. The molecule has 0 N–H and O–H groups in total. The van der Waals surface area contributed by atoms with E-state index in [0.29, 0.717) is 27.5 Å². The molecule has 1 aromatic heterocycles. The minimum Gasteiger partial charge on any atom is -0.206 e. The molecule has 3 aromatic rings. The lowest BCUT2D eigenvalue weighted by molar-refractivity contribution is 0.308. The summed E-state index contributed by atoms with van der Waals surface area (Å²) in [7, 11) is 0. The average Bonchev–Trinajstić information content (AvgIpc) is 3.06. The van der Waals surface area contributed by atoms with Gasteiger partial charge in [0.15, 0.2) is 17.5 Å². The fourth-order valence-corrected chi connectivity index (χ4v) is 5.95. The predicted octanol–water partition coefficient (Wildman–Crippen LogP) is 8.46. The summed E-state index contributed by atoms with van der Waals surface area (Å²) in [6.07, 6.45) is 6.30. The molecule has 6 heteroatoms. The van der Waals surface area contributed by atoms with E-state index in [0.717, 1.165) is 62.6 Å². The summed E-state index contributed by atoms with van der Waals surface area (Å²) < 4.78 is 70.1. The fraction of sp³-hybridized carbons (Fsp3) is 0.440. The van der Waals surface area contributed by atoms with Gasteiger partial charge in [-0.1, -0.05) is 13.3 Å². The van der Waals surface area contributed by atoms with E-state index < -0.39 is 29.1 Å². The number of thiophene rings is 1. The molecule has 0 spiro atoms. The second-order valence-corrected chi connectivity index (χ2v) is 9.73. The van der Waals surface area contributed by atoms with Crippen molar-refractivity contribution in [3.8, 4) is 0 Å². The maximum absolute atomic E-state index is 14.8. The smallest absolute Gasteiger partial charge is 0.194 e. The Balaban J connectivity index is 1.39. The van der Waals surface area contributed by atoms with Crippen LogP contribution in [0.5, 0.6) is 0 Å². The van der Waals surface area contributed by atoms with Gasteiger partial charge in [0.05, 0.1) is 5.39 Å². The number of hydrogen-bond donors (Lipinski definition) is 0. The highest BCUT2D eigenvalue weighted by molar-refractivity contribution is 7.19. The minimum atomic E-state index is -1.43. The molecule has 1 fully saturated rings. The van der Waals surface area contributed by atoms with Crippen LogP contribution in [0.4, 0.5) is 22.0 Å². The summed E-state index contributed by atoms with van der Waals surface area (Å²) in [4.78, 5) is 0.590. The predicted molar refractivity (Wildman–Crippen MR) is 115 cm³/mol. The Morgan fingerprint density at radius 3 is 2.13 bits per heavy atom. The molecule has 166 valence electrons. The molecule has 1 aliphatic rings. The molecular weight excluding hydrogens is 427 g/mol. The van der Waals surface area contributed by atoms with Crippen LogP contribution >= 0.6 is 11.3 Å². The zero-order valence-electron chi connectivity index (χ0n) is 17.4. The monoisotopic (exact) mass is 452 g/mol. The van der Waals surface area contributed by atoms with E-state index in [-0.39, 0.29) is 11.3 Å². The Labute approximate surface area is 183 Å². The molecule has 0 unspecified atom stereocenters. The number of benzene rings is 2. The first-order valence-electron chi connectivity index (χ1n) is 10.9. The second-order valence-electron chi connectivity index (χ2n) is 8.59. The van der Waals surface area contributed by atoms with Gasteiger partial charge in [0.25, 0.3) is 0 Å². The van der Waals surface area contributed by atoms with Gasteiger partial charge in [0.2, 0.25) is 0 Å². The van der Waals surface area contributed by atoms with Gasteiger partial charge in [-0.25, -0.2) is 22.0 Å².